The minimum Gasteiger partial charge on any atom is -0.495 e. The van der Waals surface area contributed by atoms with Crippen molar-refractivity contribution in [1.29, 1.82) is 0 Å². The number of hydrogen-bond acceptors (Lipinski definition) is 5. The van der Waals surface area contributed by atoms with Crippen LogP contribution in [0.3, 0.4) is 0 Å². The van der Waals surface area contributed by atoms with Gasteiger partial charge in [-0.3, -0.25) is 0 Å². The van der Waals surface area contributed by atoms with E-state index in [0.717, 1.165) is 5.56 Å². The molecule has 0 aliphatic rings. The van der Waals surface area contributed by atoms with Crippen LogP contribution in [0.5, 0.6) is 0 Å². The van der Waals surface area contributed by atoms with Crippen molar-refractivity contribution in [3.05, 3.63) is 71.7 Å². The molecule has 0 radical (unpaired) electrons. The summed E-state index contributed by atoms with van der Waals surface area (Å²) in [6.07, 6.45) is 4.74. The van der Waals surface area contributed by atoms with E-state index in [-0.39, 0.29) is 11.8 Å². The van der Waals surface area contributed by atoms with Crippen molar-refractivity contribution < 1.29 is 17.9 Å². The van der Waals surface area contributed by atoms with Crippen molar-refractivity contribution in [2.24, 2.45) is 0 Å². The minimum atomic E-state index is -3.19. The van der Waals surface area contributed by atoms with Crippen LogP contribution in [-0.2, 0) is 19.3 Å². The highest BCUT2D eigenvalue weighted by molar-refractivity contribution is 7.90. The van der Waals surface area contributed by atoms with Gasteiger partial charge in [-0.15, -0.1) is 0 Å². The van der Waals surface area contributed by atoms with Crippen LogP contribution in [0.2, 0.25) is 0 Å². The Kier molecular flexibility index (Phi) is 9.32. The standard InChI is InChI=1S/C21H31NO4S/c1-7-26-18(4)21(25-5)14-13-16(2)20(15-27(6,23)24)22-17(3)19-11-9-8-10-12-19/h8-14,17,20,22H,2,7,15H2,1,3-6H3/b14-13-,21-18-/t17-,20+/m0/s1. The molecule has 5 nitrogen and oxygen atoms in total. The lowest BCUT2D eigenvalue weighted by atomic mass is 10.0. The highest BCUT2D eigenvalue weighted by Crippen LogP contribution is 2.17. The Bertz CT molecular complexity index is 767. The Labute approximate surface area is 163 Å². The summed E-state index contributed by atoms with van der Waals surface area (Å²) in [5.41, 5.74) is 1.74. The molecule has 0 heterocycles. The molecule has 0 amide bonds. The van der Waals surface area contributed by atoms with E-state index >= 15 is 0 Å². The number of nitrogens with one attached hydrogen (secondary N) is 1. The van der Waals surface area contributed by atoms with E-state index in [1.807, 2.05) is 51.1 Å². The molecule has 0 aliphatic carbocycles. The fourth-order valence-corrected chi connectivity index (χ4v) is 3.54. The summed E-state index contributed by atoms with van der Waals surface area (Å²) < 4.78 is 34.6. The van der Waals surface area contributed by atoms with Crippen LogP contribution in [0, 0.1) is 0 Å². The summed E-state index contributed by atoms with van der Waals surface area (Å²) in [4.78, 5) is 0. The number of methoxy groups -OCH3 is 1. The quantitative estimate of drug-likeness (QED) is 0.458. The largest absolute Gasteiger partial charge is 0.495 e. The van der Waals surface area contributed by atoms with Gasteiger partial charge in [-0.25, -0.2) is 8.42 Å². The number of sulfone groups is 1. The molecule has 0 unspecified atom stereocenters. The summed E-state index contributed by atoms with van der Waals surface area (Å²) in [5.74, 6) is 1.20. The highest BCUT2D eigenvalue weighted by Gasteiger charge is 2.20. The van der Waals surface area contributed by atoms with Crippen LogP contribution in [0.15, 0.2) is 66.2 Å². The molecule has 0 saturated carbocycles. The molecule has 0 spiro atoms. The topological polar surface area (TPSA) is 64.6 Å². The molecule has 1 rings (SSSR count). The predicted molar refractivity (Wildman–Crippen MR) is 111 cm³/mol. The summed E-state index contributed by atoms with van der Waals surface area (Å²) in [7, 11) is -1.63. The van der Waals surface area contributed by atoms with Crippen LogP contribution in [-0.4, -0.2) is 40.2 Å². The smallest absolute Gasteiger partial charge is 0.156 e. The van der Waals surface area contributed by atoms with Crippen molar-refractivity contribution in [3.8, 4) is 0 Å². The van der Waals surface area contributed by atoms with Gasteiger partial charge < -0.3 is 14.8 Å². The van der Waals surface area contributed by atoms with E-state index in [0.29, 0.717) is 23.7 Å². The summed E-state index contributed by atoms with van der Waals surface area (Å²) in [5, 5.41) is 3.37. The van der Waals surface area contributed by atoms with E-state index in [2.05, 4.69) is 11.9 Å². The molecule has 27 heavy (non-hydrogen) atoms. The molecule has 1 aromatic rings. The van der Waals surface area contributed by atoms with Gasteiger partial charge in [0.15, 0.2) is 5.76 Å². The second-order valence-corrected chi connectivity index (χ2v) is 8.59. The Morgan fingerprint density at radius 1 is 1.26 bits per heavy atom. The predicted octanol–water partition coefficient (Wildman–Crippen LogP) is 3.78. The monoisotopic (exact) mass is 393 g/mol. The summed E-state index contributed by atoms with van der Waals surface area (Å²) in [6.45, 7) is 10.3. The third-order valence-electron chi connectivity index (χ3n) is 4.04. The van der Waals surface area contributed by atoms with Crippen molar-refractivity contribution in [1.82, 2.24) is 5.32 Å². The second kappa shape index (κ2) is 10.9. The zero-order valence-electron chi connectivity index (χ0n) is 16.9. The zero-order valence-corrected chi connectivity index (χ0v) is 17.7. The molecule has 6 heteroatoms. The highest BCUT2D eigenvalue weighted by atomic mass is 32.2. The molecule has 0 aromatic heterocycles. The maximum atomic E-state index is 11.9. The number of allylic oxidation sites excluding steroid dienone is 2. The fraction of sp³-hybridized carbons (Fsp3) is 0.429. The molecule has 0 fully saturated rings. The average Bonchev–Trinajstić information content (AvgIpc) is 2.61. The summed E-state index contributed by atoms with van der Waals surface area (Å²) in [6, 6.07) is 9.43. The average molecular weight is 394 g/mol. The van der Waals surface area contributed by atoms with Gasteiger partial charge >= 0.3 is 0 Å². The molecule has 0 aliphatic heterocycles. The number of benzene rings is 1. The molecule has 150 valence electrons. The molecule has 1 aromatic carbocycles. The maximum Gasteiger partial charge on any atom is 0.156 e. The lowest BCUT2D eigenvalue weighted by Crippen LogP contribution is -2.38. The molecule has 0 bridgehead atoms. The molecule has 2 atom stereocenters. The van der Waals surface area contributed by atoms with E-state index in [1.54, 1.807) is 19.3 Å². The first kappa shape index (κ1) is 23.0. The normalized spacial score (nSPS) is 15.1. The maximum absolute atomic E-state index is 11.9. The zero-order chi connectivity index (χ0) is 20.4. The van der Waals surface area contributed by atoms with Gasteiger partial charge in [0.25, 0.3) is 0 Å². The van der Waals surface area contributed by atoms with E-state index in [1.165, 1.54) is 6.26 Å². The van der Waals surface area contributed by atoms with Crippen LogP contribution >= 0.6 is 0 Å². The Morgan fingerprint density at radius 2 is 1.89 bits per heavy atom. The van der Waals surface area contributed by atoms with Crippen molar-refractivity contribution in [2.75, 3.05) is 25.7 Å². The fourth-order valence-electron chi connectivity index (χ4n) is 2.62. The van der Waals surface area contributed by atoms with Crippen LogP contribution in [0.25, 0.3) is 0 Å². The Morgan fingerprint density at radius 3 is 2.41 bits per heavy atom. The summed E-state index contributed by atoms with van der Waals surface area (Å²) >= 11 is 0. The first-order valence-corrected chi connectivity index (χ1v) is 11.0. The van der Waals surface area contributed by atoms with Gasteiger partial charge in [0.05, 0.1) is 19.5 Å². The molecular weight excluding hydrogens is 362 g/mol. The first-order valence-electron chi connectivity index (χ1n) is 8.91. The van der Waals surface area contributed by atoms with Gasteiger partial charge in [0.1, 0.15) is 15.6 Å². The minimum absolute atomic E-state index is 0.0225. The van der Waals surface area contributed by atoms with E-state index < -0.39 is 15.9 Å². The van der Waals surface area contributed by atoms with E-state index in [9.17, 15) is 8.42 Å². The van der Waals surface area contributed by atoms with E-state index in [4.69, 9.17) is 9.47 Å². The van der Waals surface area contributed by atoms with Crippen LogP contribution < -0.4 is 5.32 Å². The van der Waals surface area contributed by atoms with Crippen LogP contribution in [0.4, 0.5) is 0 Å². The lowest BCUT2D eigenvalue weighted by Gasteiger charge is -2.24. The Hall–Kier alpha value is -2.05. The van der Waals surface area contributed by atoms with Crippen LogP contribution in [0.1, 0.15) is 32.4 Å². The third-order valence-corrected chi connectivity index (χ3v) is 4.98. The molecule has 0 saturated heterocycles. The van der Waals surface area contributed by atoms with Crippen molar-refractivity contribution in [2.45, 2.75) is 32.9 Å². The van der Waals surface area contributed by atoms with Gasteiger partial charge in [-0.1, -0.05) is 43.0 Å². The van der Waals surface area contributed by atoms with Gasteiger partial charge in [-0.05, 0) is 38.0 Å². The molecular formula is C21H31NO4S. The van der Waals surface area contributed by atoms with Gasteiger partial charge in [-0.2, -0.15) is 0 Å². The molecule has 1 N–H and O–H groups in total. The SMILES string of the molecule is C=C(/C=C\C(OC)=C(/C)OCC)[C@@H](CS(C)(=O)=O)N[C@@H](C)c1ccccc1. The third kappa shape index (κ3) is 8.45. The second-order valence-electron chi connectivity index (χ2n) is 6.41. The van der Waals surface area contributed by atoms with Crippen molar-refractivity contribution >= 4 is 9.84 Å². The lowest BCUT2D eigenvalue weighted by molar-refractivity contribution is 0.195. The number of ether oxygens (including phenoxy) is 2. The number of hydrogen-bond donors (Lipinski definition) is 1. The first-order chi connectivity index (χ1) is 12.7. The Balaban J connectivity index is 3.00. The number of rotatable bonds is 11. The van der Waals surface area contributed by atoms with Gasteiger partial charge in [0, 0.05) is 18.3 Å². The van der Waals surface area contributed by atoms with Gasteiger partial charge in [0.2, 0.25) is 0 Å². The van der Waals surface area contributed by atoms with Crippen molar-refractivity contribution in [3.63, 3.8) is 0 Å².